The number of carbonyl (C=O) groups is 3. The SMILES string of the molecule is CC(NC(=O)CCSCC(N)=O)C(C)C(=O)O. The van der Waals surface area contributed by atoms with E-state index in [0.29, 0.717) is 5.75 Å². The van der Waals surface area contributed by atoms with E-state index in [1.54, 1.807) is 6.92 Å². The van der Waals surface area contributed by atoms with E-state index in [-0.39, 0.29) is 18.1 Å². The number of primary amides is 1. The molecule has 98 valence electrons. The third-order valence-corrected chi connectivity index (χ3v) is 3.23. The largest absolute Gasteiger partial charge is 0.481 e. The van der Waals surface area contributed by atoms with Crippen molar-refractivity contribution in [1.29, 1.82) is 0 Å². The highest BCUT2D eigenvalue weighted by atomic mass is 32.2. The first-order valence-electron chi connectivity index (χ1n) is 5.22. The van der Waals surface area contributed by atoms with Gasteiger partial charge in [0.2, 0.25) is 11.8 Å². The Kier molecular flexibility index (Phi) is 7.36. The lowest BCUT2D eigenvalue weighted by Gasteiger charge is -2.17. The van der Waals surface area contributed by atoms with Gasteiger partial charge in [0.05, 0.1) is 11.7 Å². The monoisotopic (exact) mass is 262 g/mol. The molecule has 0 aromatic carbocycles. The van der Waals surface area contributed by atoms with Gasteiger partial charge in [-0.15, -0.1) is 0 Å². The summed E-state index contributed by atoms with van der Waals surface area (Å²) in [6.07, 6.45) is 0.245. The van der Waals surface area contributed by atoms with Gasteiger partial charge in [-0.2, -0.15) is 11.8 Å². The third kappa shape index (κ3) is 7.62. The van der Waals surface area contributed by atoms with Gasteiger partial charge in [-0.1, -0.05) is 0 Å². The van der Waals surface area contributed by atoms with Gasteiger partial charge in [0.1, 0.15) is 0 Å². The number of thioether (sulfide) groups is 1. The Bertz CT molecular complexity index is 296. The summed E-state index contributed by atoms with van der Waals surface area (Å²) in [5.41, 5.74) is 4.94. The lowest BCUT2D eigenvalue weighted by molar-refractivity contribution is -0.142. The minimum Gasteiger partial charge on any atom is -0.481 e. The summed E-state index contributed by atoms with van der Waals surface area (Å²) in [7, 11) is 0. The third-order valence-electron chi connectivity index (χ3n) is 2.25. The lowest BCUT2D eigenvalue weighted by atomic mass is 10.0. The fourth-order valence-electron chi connectivity index (χ4n) is 1.00. The zero-order valence-corrected chi connectivity index (χ0v) is 10.8. The first kappa shape index (κ1) is 15.8. The van der Waals surface area contributed by atoms with Gasteiger partial charge in [0.25, 0.3) is 0 Å². The second-order valence-corrected chi connectivity index (χ2v) is 4.86. The molecule has 6 nitrogen and oxygen atoms in total. The second kappa shape index (κ2) is 7.94. The molecule has 4 N–H and O–H groups in total. The van der Waals surface area contributed by atoms with Gasteiger partial charge in [-0.05, 0) is 13.8 Å². The van der Waals surface area contributed by atoms with Gasteiger partial charge in [0, 0.05) is 18.2 Å². The Labute approximate surface area is 104 Å². The number of hydrogen-bond donors (Lipinski definition) is 3. The van der Waals surface area contributed by atoms with E-state index >= 15 is 0 Å². The van der Waals surface area contributed by atoms with E-state index in [2.05, 4.69) is 5.32 Å². The molecule has 0 radical (unpaired) electrons. The second-order valence-electron chi connectivity index (χ2n) is 3.75. The van der Waals surface area contributed by atoms with Crippen molar-refractivity contribution in [2.75, 3.05) is 11.5 Å². The standard InChI is InChI=1S/C10H18N2O4S/c1-6(10(15)16)7(2)12-9(14)3-4-17-5-8(11)13/h6-7H,3-5H2,1-2H3,(H2,11,13)(H,12,14)(H,15,16). The van der Waals surface area contributed by atoms with Crippen molar-refractivity contribution in [3.8, 4) is 0 Å². The van der Waals surface area contributed by atoms with Crippen LogP contribution >= 0.6 is 11.8 Å². The summed E-state index contributed by atoms with van der Waals surface area (Å²) in [6.45, 7) is 3.18. The van der Waals surface area contributed by atoms with Crippen LogP contribution in [-0.4, -0.2) is 40.4 Å². The summed E-state index contributed by atoms with van der Waals surface area (Å²) in [4.78, 5) is 32.5. The van der Waals surface area contributed by atoms with Crippen LogP contribution in [0.25, 0.3) is 0 Å². The van der Waals surface area contributed by atoms with Gasteiger partial charge in [-0.3, -0.25) is 14.4 Å². The summed E-state index contributed by atoms with van der Waals surface area (Å²) < 4.78 is 0. The van der Waals surface area contributed by atoms with E-state index < -0.39 is 23.8 Å². The maximum absolute atomic E-state index is 11.4. The van der Waals surface area contributed by atoms with Crippen LogP contribution in [0.5, 0.6) is 0 Å². The number of nitrogens with one attached hydrogen (secondary N) is 1. The normalized spacial score (nSPS) is 13.8. The Morgan fingerprint density at radius 1 is 1.35 bits per heavy atom. The van der Waals surface area contributed by atoms with Gasteiger partial charge in [-0.25, -0.2) is 0 Å². The molecular weight excluding hydrogens is 244 g/mol. The Morgan fingerprint density at radius 2 is 1.94 bits per heavy atom. The van der Waals surface area contributed by atoms with Crippen LogP contribution in [-0.2, 0) is 14.4 Å². The molecule has 0 saturated carbocycles. The van der Waals surface area contributed by atoms with Crippen LogP contribution in [0.1, 0.15) is 20.3 Å². The highest BCUT2D eigenvalue weighted by Gasteiger charge is 2.20. The van der Waals surface area contributed by atoms with Crippen molar-refractivity contribution in [2.45, 2.75) is 26.3 Å². The number of hydrogen-bond acceptors (Lipinski definition) is 4. The summed E-state index contributed by atoms with van der Waals surface area (Å²) >= 11 is 1.28. The maximum Gasteiger partial charge on any atom is 0.308 e. The molecule has 0 spiro atoms. The van der Waals surface area contributed by atoms with Gasteiger partial charge >= 0.3 is 5.97 Å². The van der Waals surface area contributed by atoms with Gasteiger partial charge < -0.3 is 16.2 Å². The number of amides is 2. The molecule has 0 aromatic rings. The van der Waals surface area contributed by atoms with E-state index in [1.807, 2.05) is 0 Å². The first-order chi connectivity index (χ1) is 7.84. The van der Waals surface area contributed by atoms with Gasteiger partial charge in [0.15, 0.2) is 0 Å². The van der Waals surface area contributed by atoms with Crippen molar-refractivity contribution in [2.24, 2.45) is 11.7 Å². The molecule has 0 aliphatic rings. The molecule has 7 heteroatoms. The average Bonchev–Trinajstić information content (AvgIpc) is 2.22. The van der Waals surface area contributed by atoms with Crippen LogP contribution in [0.15, 0.2) is 0 Å². The van der Waals surface area contributed by atoms with E-state index in [4.69, 9.17) is 10.8 Å². The molecule has 0 aromatic heterocycles. The van der Waals surface area contributed by atoms with Crippen LogP contribution in [0, 0.1) is 5.92 Å². The molecule has 17 heavy (non-hydrogen) atoms. The lowest BCUT2D eigenvalue weighted by Crippen LogP contribution is -2.40. The highest BCUT2D eigenvalue weighted by molar-refractivity contribution is 7.99. The topological polar surface area (TPSA) is 109 Å². The molecule has 0 aliphatic heterocycles. The number of aliphatic carboxylic acids is 1. The summed E-state index contributed by atoms with van der Waals surface area (Å²) in [6, 6.07) is -0.416. The molecule has 2 atom stereocenters. The minimum atomic E-state index is -0.944. The zero-order valence-electron chi connectivity index (χ0n) is 9.93. The predicted molar refractivity (Wildman–Crippen MR) is 65.5 cm³/mol. The van der Waals surface area contributed by atoms with Crippen LogP contribution < -0.4 is 11.1 Å². The van der Waals surface area contributed by atoms with Crippen molar-refractivity contribution >= 4 is 29.5 Å². The number of carboxylic acids is 1. The van der Waals surface area contributed by atoms with E-state index in [1.165, 1.54) is 18.7 Å². The summed E-state index contributed by atoms with van der Waals surface area (Å²) in [5, 5.41) is 11.3. The minimum absolute atomic E-state index is 0.189. The van der Waals surface area contributed by atoms with Crippen molar-refractivity contribution in [3.05, 3.63) is 0 Å². The Balaban J connectivity index is 3.78. The van der Waals surface area contributed by atoms with Crippen molar-refractivity contribution in [1.82, 2.24) is 5.32 Å². The quantitative estimate of drug-likeness (QED) is 0.526. The molecule has 0 heterocycles. The average molecular weight is 262 g/mol. The Morgan fingerprint density at radius 3 is 2.41 bits per heavy atom. The molecule has 0 rings (SSSR count). The van der Waals surface area contributed by atoms with Crippen LogP contribution in [0.3, 0.4) is 0 Å². The van der Waals surface area contributed by atoms with E-state index in [9.17, 15) is 14.4 Å². The van der Waals surface area contributed by atoms with Crippen LogP contribution in [0.2, 0.25) is 0 Å². The smallest absolute Gasteiger partial charge is 0.308 e. The van der Waals surface area contributed by atoms with Crippen LogP contribution in [0.4, 0.5) is 0 Å². The molecule has 0 fully saturated rings. The van der Waals surface area contributed by atoms with Crippen molar-refractivity contribution in [3.63, 3.8) is 0 Å². The summed E-state index contributed by atoms with van der Waals surface area (Å²) in [5.74, 6) is -1.53. The molecule has 2 unspecified atom stereocenters. The molecule has 0 aliphatic carbocycles. The predicted octanol–water partition coefficient (Wildman–Crippen LogP) is -0.180. The Hall–Kier alpha value is -1.24. The van der Waals surface area contributed by atoms with Crippen molar-refractivity contribution < 1.29 is 19.5 Å². The molecule has 0 bridgehead atoms. The fourth-order valence-corrected chi connectivity index (χ4v) is 1.68. The number of rotatable bonds is 8. The molecule has 0 saturated heterocycles. The maximum atomic E-state index is 11.4. The number of carboxylic acid groups (broad SMARTS) is 1. The molecular formula is C10H18N2O4S. The number of carbonyl (C=O) groups excluding carboxylic acids is 2. The fraction of sp³-hybridized carbons (Fsp3) is 0.700. The zero-order chi connectivity index (χ0) is 13.4. The van der Waals surface area contributed by atoms with E-state index in [0.717, 1.165) is 0 Å². The first-order valence-corrected chi connectivity index (χ1v) is 6.38. The highest BCUT2D eigenvalue weighted by Crippen LogP contribution is 2.05. The molecule has 2 amide bonds. The number of nitrogens with two attached hydrogens (primary N) is 1.